The fourth-order valence-corrected chi connectivity index (χ4v) is 4.08. The Morgan fingerprint density at radius 3 is 2.68 bits per heavy atom. The van der Waals surface area contributed by atoms with E-state index >= 15 is 0 Å². The average Bonchev–Trinajstić information content (AvgIpc) is 2.82. The minimum atomic E-state index is -2.39. The van der Waals surface area contributed by atoms with E-state index in [1.165, 1.54) is 18.0 Å². The summed E-state index contributed by atoms with van der Waals surface area (Å²) in [4.78, 5) is 26.4. The van der Waals surface area contributed by atoms with Crippen molar-refractivity contribution in [2.45, 2.75) is 57.4 Å². The van der Waals surface area contributed by atoms with Gasteiger partial charge in [0.05, 0.1) is 4.47 Å². The maximum atomic E-state index is 12.8. The van der Waals surface area contributed by atoms with Crippen LogP contribution in [0.2, 0.25) is 0 Å². The van der Waals surface area contributed by atoms with Crippen LogP contribution < -0.4 is 10.6 Å². The molecule has 0 radical (unpaired) electrons. The zero-order chi connectivity index (χ0) is 24.3. The molecule has 1 aliphatic rings. The molecular weight excluding hydrogens is 510 g/mol. The van der Waals surface area contributed by atoms with Crippen molar-refractivity contribution >= 4 is 33.7 Å². The summed E-state index contributed by atoms with van der Waals surface area (Å²) in [5.41, 5.74) is 2.28. The summed E-state index contributed by atoms with van der Waals surface area (Å²) in [6, 6.07) is 3.28. The molecule has 0 spiro atoms. The first-order valence-corrected chi connectivity index (χ1v) is 12.4. The van der Waals surface area contributed by atoms with Crippen LogP contribution in [0.25, 0.3) is 0 Å². The molecule has 2 aromatic heterocycles. The molecule has 34 heavy (non-hydrogen) atoms. The zero-order valence-electron chi connectivity index (χ0n) is 19.0. The number of nitrogens with zero attached hydrogens (tertiary/aromatic N) is 4. The minimum Gasteiger partial charge on any atom is -0.480 e. The number of aryl methyl sites for hydroxylation is 2. The molecule has 8 nitrogen and oxygen atoms in total. The van der Waals surface area contributed by atoms with Crippen molar-refractivity contribution in [3.63, 3.8) is 0 Å². The molecule has 3 N–H and O–H groups in total. The second-order valence-electron chi connectivity index (χ2n) is 8.37. The lowest BCUT2D eigenvalue weighted by Gasteiger charge is -2.24. The van der Waals surface area contributed by atoms with Gasteiger partial charge in [-0.05, 0) is 72.6 Å². The van der Waals surface area contributed by atoms with Gasteiger partial charge < -0.3 is 20.6 Å². The molecule has 0 amide bonds. The molecule has 0 aliphatic carbocycles. The third-order valence-corrected chi connectivity index (χ3v) is 6.14. The smallest absolute Gasteiger partial charge is 0.326 e. The van der Waals surface area contributed by atoms with E-state index in [1.54, 1.807) is 0 Å². The number of aromatic nitrogens is 3. The molecule has 186 valence electrons. The van der Waals surface area contributed by atoms with Crippen molar-refractivity contribution in [2.75, 3.05) is 36.8 Å². The van der Waals surface area contributed by atoms with Gasteiger partial charge in [0.1, 0.15) is 11.9 Å². The predicted molar refractivity (Wildman–Crippen MR) is 130 cm³/mol. The highest BCUT2D eigenvalue weighted by atomic mass is 79.9. The first-order valence-electron chi connectivity index (χ1n) is 11.6. The van der Waals surface area contributed by atoms with Crippen LogP contribution in [0, 0.1) is 0 Å². The second kappa shape index (κ2) is 13.5. The quantitative estimate of drug-likeness (QED) is 0.306. The van der Waals surface area contributed by atoms with Gasteiger partial charge in [-0.15, -0.1) is 0 Å². The summed E-state index contributed by atoms with van der Waals surface area (Å²) >= 11 is 3.24. The number of halogens is 3. The van der Waals surface area contributed by atoms with E-state index < -0.39 is 18.4 Å². The van der Waals surface area contributed by atoms with E-state index in [-0.39, 0.29) is 25.3 Å². The molecule has 2 aromatic rings. The van der Waals surface area contributed by atoms with Crippen LogP contribution >= 0.6 is 15.9 Å². The number of anilines is 2. The summed E-state index contributed by atoms with van der Waals surface area (Å²) in [6.07, 6.45) is 5.35. The third-order valence-electron chi connectivity index (χ3n) is 5.73. The molecule has 0 fully saturated rings. The first kappa shape index (κ1) is 26.2. The van der Waals surface area contributed by atoms with Crippen LogP contribution in [0.4, 0.5) is 20.5 Å². The summed E-state index contributed by atoms with van der Waals surface area (Å²) in [6.45, 7) is 2.17. The Labute approximate surface area is 206 Å². The number of pyridine rings is 1. The van der Waals surface area contributed by atoms with Crippen molar-refractivity contribution in [2.24, 2.45) is 0 Å². The summed E-state index contributed by atoms with van der Waals surface area (Å²) in [5.74, 6) is 0.151. The van der Waals surface area contributed by atoms with E-state index in [9.17, 15) is 18.7 Å². The Kier molecular flexibility index (Phi) is 10.4. The maximum Gasteiger partial charge on any atom is 0.326 e. The number of carboxylic acid groups (broad SMARTS) is 1. The Morgan fingerprint density at radius 1 is 1.18 bits per heavy atom. The van der Waals surface area contributed by atoms with Gasteiger partial charge in [0.25, 0.3) is 0 Å². The van der Waals surface area contributed by atoms with Gasteiger partial charge >= 0.3 is 5.97 Å². The van der Waals surface area contributed by atoms with E-state index in [2.05, 4.69) is 48.7 Å². The van der Waals surface area contributed by atoms with Crippen LogP contribution in [-0.4, -0.2) is 69.6 Å². The van der Waals surface area contributed by atoms with Crippen molar-refractivity contribution < 1.29 is 18.7 Å². The van der Waals surface area contributed by atoms with Gasteiger partial charge in [-0.1, -0.05) is 6.07 Å². The Bertz CT molecular complexity index is 919. The minimum absolute atomic E-state index is 0.210. The molecule has 3 heterocycles. The number of unbranched alkanes of at least 4 members (excludes halogenated alkanes) is 1. The topological polar surface area (TPSA) is 103 Å². The Balaban J connectivity index is 1.48. The number of aliphatic carboxylic acids is 1. The van der Waals surface area contributed by atoms with Gasteiger partial charge in [-0.25, -0.2) is 28.5 Å². The number of carbonyl (C=O) groups is 1. The molecule has 0 saturated carbocycles. The molecule has 3 rings (SSSR count). The number of carboxylic acids is 1. The lowest BCUT2D eigenvalue weighted by molar-refractivity contribution is -0.138. The van der Waals surface area contributed by atoms with Crippen molar-refractivity contribution in [1.29, 1.82) is 0 Å². The summed E-state index contributed by atoms with van der Waals surface area (Å²) in [5, 5.41) is 15.7. The van der Waals surface area contributed by atoms with Crippen LogP contribution in [0.1, 0.15) is 43.4 Å². The molecular formula is C23H31BrF2N6O2. The van der Waals surface area contributed by atoms with Gasteiger partial charge in [0.15, 0.2) is 0 Å². The van der Waals surface area contributed by atoms with Crippen LogP contribution in [-0.2, 0) is 17.6 Å². The normalized spacial score (nSPS) is 14.0. The van der Waals surface area contributed by atoms with Crippen molar-refractivity contribution in [3.05, 3.63) is 40.3 Å². The largest absolute Gasteiger partial charge is 0.480 e. The molecule has 1 atom stereocenters. The average molecular weight is 541 g/mol. The third kappa shape index (κ3) is 8.75. The number of rotatable bonds is 14. The lowest BCUT2D eigenvalue weighted by atomic mass is 10.1. The highest BCUT2D eigenvalue weighted by Gasteiger charge is 2.20. The number of nitrogens with one attached hydrogen (secondary N) is 2. The molecule has 0 saturated heterocycles. The molecule has 11 heteroatoms. The predicted octanol–water partition coefficient (Wildman–Crippen LogP) is 4.23. The van der Waals surface area contributed by atoms with E-state index in [0.717, 1.165) is 50.2 Å². The van der Waals surface area contributed by atoms with E-state index in [4.69, 9.17) is 4.98 Å². The zero-order valence-corrected chi connectivity index (χ0v) is 20.6. The standard InChI is InChI=1S/C23H31BrF2N6O2/c24-17-14-28-23(29-15-17)31-19(22(33)34)8-12-32(13-9-20(25)26)11-2-1-5-18-7-6-16-4-3-10-27-21(16)30-18/h6-7,14-15,19-20H,1-5,8-13H2,(H,27,30)(H,33,34)(H,28,29,31). The van der Waals surface area contributed by atoms with Gasteiger partial charge in [-0.3, -0.25) is 0 Å². The summed E-state index contributed by atoms with van der Waals surface area (Å²) < 4.78 is 26.3. The van der Waals surface area contributed by atoms with Gasteiger partial charge in [0.2, 0.25) is 12.4 Å². The first-order chi connectivity index (χ1) is 16.4. The highest BCUT2D eigenvalue weighted by Crippen LogP contribution is 2.20. The molecule has 0 aromatic carbocycles. The number of hydrogen-bond donors (Lipinski definition) is 3. The molecule has 0 bridgehead atoms. The fraction of sp³-hybridized carbons (Fsp3) is 0.565. The Morgan fingerprint density at radius 2 is 1.94 bits per heavy atom. The van der Waals surface area contributed by atoms with Crippen LogP contribution in [0.15, 0.2) is 29.0 Å². The highest BCUT2D eigenvalue weighted by molar-refractivity contribution is 9.10. The summed E-state index contributed by atoms with van der Waals surface area (Å²) in [7, 11) is 0. The van der Waals surface area contributed by atoms with E-state index in [1.807, 2.05) is 4.90 Å². The Hall–Kier alpha value is -2.40. The van der Waals surface area contributed by atoms with E-state index in [0.29, 0.717) is 17.6 Å². The van der Waals surface area contributed by atoms with Crippen molar-refractivity contribution in [3.8, 4) is 0 Å². The number of alkyl halides is 2. The molecule has 1 unspecified atom stereocenters. The monoisotopic (exact) mass is 540 g/mol. The van der Waals surface area contributed by atoms with Gasteiger partial charge in [0, 0.05) is 44.1 Å². The molecule has 1 aliphatic heterocycles. The van der Waals surface area contributed by atoms with Crippen LogP contribution in [0.3, 0.4) is 0 Å². The SMILES string of the molecule is O=C(O)C(CCN(CCCCc1ccc2c(n1)NCCC2)CCC(F)F)Nc1ncc(Br)cn1. The van der Waals surface area contributed by atoms with Crippen LogP contribution in [0.5, 0.6) is 0 Å². The second-order valence-corrected chi connectivity index (χ2v) is 9.28. The number of hydrogen-bond acceptors (Lipinski definition) is 7. The lowest BCUT2D eigenvalue weighted by Crippen LogP contribution is -2.36. The van der Waals surface area contributed by atoms with Crippen molar-refractivity contribution in [1.82, 2.24) is 19.9 Å². The maximum absolute atomic E-state index is 12.8. The number of fused-ring (bicyclic) bond motifs is 1. The van der Waals surface area contributed by atoms with Gasteiger partial charge in [-0.2, -0.15) is 0 Å². The fourth-order valence-electron chi connectivity index (χ4n) is 3.88.